The predicted octanol–water partition coefficient (Wildman–Crippen LogP) is 3.83. The van der Waals surface area contributed by atoms with Gasteiger partial charge in [-0.05, 0) is 90.5 Å². The molecule has 4 aromatic rings. The molecule has 0 spiro atoms. The minimum atomic E-state index is -0.374. The Kier molecular flexibility index (Phi) is 5.76. The molecule has 8 heteroatoms. The van der Waals surface area contributed by atoms with Crippen molar-refractivity contribution in [3.8, 4) is 0 Å². The van der Waals surface area contributed by atoms with E-state index in [9.17, 15) is 9.18 Å². The van der Waals surface area contributed by atoms with Crippen molar-refractivity contribution in [3.63, 3.8) is 0 Å². The molecule has 1 aliphatic heterocycles. The smallest absolute Gasteiger partial charge is 0.253 e. The molecular weight excluding hydrogens is 419 g/mol. The number of tetrazole rings is 1. The molecule has 0 saturated carbocycles. The average molecular weight is 447 g/mol. The summed E-state index contributed by atoms with van der Waals surface area (Å²) in [5, 5.41) is 13.5. The van der Waals surface area contributed by atoms with E-state index >= 15 is 0 Å². The van der Waals surface area contributed by atoms with Gasteiger partial charge in [0, 0.05) is 11.1 Å². The number of halogens is 1. The van der Waals surface area contributed by atoms with Gasteiger partial charge in [0.25, 0.3) is 5.56 Å². The van der Waals surface area contributed by atoms with E-state index in [1.165, 1.54) is 12.1 Å². The van der Waals surface area contributed by atoms with E-state index < -0.39 is 0 Å². The van der Waals surface area contributed by atoms with Crippen LogP contribution >= 0.6 is 0 Å². The maximum atomic E-state index is 13.4. The monoisotopic (exact) mass is 446 g/mol. The first-order valence-corrected chi connectivity index (χ1v) is 11.4. The summed E-state index contributed by atoms with van der Waals surface area (Å²) in [5.41, 5.74) is 3.33. The Labute approximate surface area is 191 Å². The summed E-state index contributed by atoms with van der Waals surface area (Å²) in [5.74, 6) is 0.982. The number of nitrogens with one attached hydrogen (secondary N) is 1. The summed E-state index contributed by atoms with van der Waals surface area (Å²) in [4.78, 5) is 18.6. The molecule has 1 aliphatic rings. The molecule has 170 valence electrons. The topological polar surface area (TPSA) is 79.7 Å². The Hall–Kier alpha value is -3.39. The quantitative estimate of drug-likeness (QED) is 0.504. The number of rotatable bonds is 5. The van der Waals surface area contributed by atoms with Crippen LogP contribution in [0.1, 0.15) is 48.3 Å². The Bertz CT molecular complexity index is 1320. The minimum Gasteiger partial charge on any atom is -0.322 e. The normalized spacial score (nSPS) is 16.3. The Balaban J connectivity index is 1.60. The second-order valence-corrected chi connectivity index (χ2v) is 9.09. The molecule has 0 aliphatic carbocycles. The lowest BCUT2D eigenvalue weighted by Gasteiger charge is -2.35. The molecule has 0 amide bonds. The third kappa shape index (κ3) is 4.43. The fraction of sp³-hybridized carbons (Fsp3) is 0.360. The van der Waals surface area contributed by atoms with Gasteiger partial charge in [0.1, 0.15) is 11.9 Å². The van der Waals surface area contributed by atoms with Crippen LogP contribution in [0.15, 0.2) is 53.3 Å². The van der Waals surface area contributed by atoms with Crippen LogP contribution in [0, 0.1) is 18.7 Å². The fourth-order valence-corrected chi connectivity index (χ4v) is 4.61. The molecule has 1 saturated heterocycles. The van der Waals surface area contributed by atoms with E-state index in [1.54, 1.807) is 16.8 Å². The summed E-state index contributed by atoms with van der Waals surface area (Å²) in [6.07, 6.45) is 2.11. The van der Waals surface area contributed by atoms with Crippen molar-refractivity contribution in [2.45, 2.75) is 39.3 Å². The molecular formula is C25H27FN6O. The maximum Gasteiger partial charge on any atom is 0.253 e. The number of aryl methyl sites for hydroxylation is 1. The van der Waals surface area contributed by atoms with Crippen LogP contribution in [-0.4, -0.2) is 43.2 Å². The van der Waals surface area contributed by atoms with E-state index in [4.69, 9.17) is 0 Å². The van der Waals surface area contributed by atoms with E-state index in [-0.39, 0.29) is 17.4 Å². The molecule has 7 nitrogen and oxygen atoms in total. The van der Waals surface area contributed by atoms with Gasteiger partial charge in [0.15, 0.2) is 5.82 Å². The van der Waals surface area contributed by atoms with Crippen LogP contribution < -0.4 is 5.56 Å². The maximum absolute atomic E-state index is 13.4. The molecule has 0 unspecified atom stereocenters. The largest absolute Gasteiger partial charge is 0.322 e. The highest BCUT2D eigenvalue weighted by molar-refractivity contribution is 5.79. The SMILES string of the molecule is Cc1ccc2[nH]c(=O)c([C@H](c3nnnn3Cc3ccc(F)cc3)N3CCC(C)CC3)cc2c1. The van der Waals surface area contributed by atoms with Crippen molar-refractivity contribution in [3.05, 3.63) is 87.2 Å². The Morgan fingerprint density at radius 3 is 2.64 bits per heavy atom. The van der Waals surface area contributed by atoms with Gasteiger partial charge < -0.3 is 4.98 Å². The van der Waals surface area contributed by atoms with Crippen molar-refractivity contribution in [1.82, 2.24) is 30.1 Å². The highest BCUT2D eigenvalue weighted by atomic mass is 19.1. The molecule has 1 atom stereocenters. The second-order valence-electron chi connectivity index (χ2n) is 9.09. The number of nitrogens with zero attached hydrogens (tertiary/aromatic N) is 5. The Morgan fingerprint density at radius 1 is 1.12 bits per heavy atom. The lowest BCUT2D eigenvalue weighted by Crippen LogP contribution is -2.40. The standard InChI is InChI=1S/C25H27FN6O/c1-16-9-11-31(12-10-16)23(21-14-19-13-17(2)3-8-22(19)27-25(21)33)24-28-29-30-32(24)15-18-4-6-20(26)7-5-18/h3-8,13-14,16,23H,9-12,15H2,1-2H3,(H,27,33)/t23-/m1/s1. The first kappa shape index (κ1) is 21.5. The van der Waals surface area contributed by atoms with E-state index in [2.05, 4.69) is 38.4 Å². The minimum absolute atomic E-state index is 0.133. The summed E-state index contributed by atoms with van der Waals surface area (Å²) < 4.78 is 15.1. The molecule has 3 heterocycles. The number of hydrogen-bond donors (Lipinski definition) is 1. The van der Waals surface area contributed by atoms with Crippen molar-refractivity contribution in [2.24, 2.45) is 5.92 Å². The second kappa shape index (κ2) is 8.86. The highest BCUT2D eigenvalue weighted by Crippen LogP contribution is 2.31. The number of fused-ring (bicyclic) bond motifs is 1. The molecule has 1 fully saturated rings. The number of hydrogen-bond acceptors (Lipinski definition) is 5. The van der Waals surface area contributed by atoms with Crippen LogP contribution in [0.3, 0.4) is 0 Å². The summed E-state index contributed by atoms with van der Waals surface area (Å²) >= 11 is 0. The van der Waals surface area contributed by atoms with E-state index in [0.29, 0.717) is 23.9 Å². The van der Waals surface area contributed by atoms with Gasteiger partial charge in [0.2, 0.25) is 0 Å². The van der Waals surface area contributed by atoms with Gasteiger partial charge >= 0.3 is 0 Å². The van der Waals surface area contributed by atoms with Crippen LogP contribution in [0.5, 0.6) is 0 Å². The van der Waals surface area contributed by atoms with Crippen LogP contribution in [0.4, 0.5) is 4.39 Å². The Morgan fingerprint density at radius 2 is 1.88 bits per heavy atom. The van der Waals surface area contributed by atoms with Gasteiger partial charge in [-0.2, -0.15) is 0 Å². The van der Waals surface area contributed by atoms with Crippen LogP contribution in [0.2, 0.25) is 0 Å². The highest BCUT2D eigenvalue weighted by Gasteiger charge is 2.32. The number of benzene rings is 2. The first-order valence-electron chi connectivity index (χ1n) is 11.4. The van der Waals surface area contributed by atoms with Crippen molar-refractivity contribution >= 4 is 10.9 Å². The van der Waals surface area contributed by atoms with Crippen molar-refractivity contribution in [1.29, 1.82) is 0 Å². The van der Waals surface area contributed by atoms with Crippen LogP contribution in [-0.2, 0) is 6.54 Å². The number of pyridine rings is 1. The van der Waals surface area contributed by atoms with Gasteiger partial charge in [-0.1, -0.05) is 30.7 Å². The summed E-state index contributed by atoms with van der Waals surface area (Å²) in [6.45, 7) is 6.42. The lowest BCUT2D eigenvalue weighted by molar-refractivity contribution is 0.149. The van der Waals surface area contributed by atoms with E-state index in [0.717, 1.165) is 48.0 Å². The average Bonchev–Trinajstić information content (AvgIpc) is 3.25. The first-order chi connectivity index (χ1) is 16.0. The zero-order valence-corrected chi connectivity index (χ0v) is 18.8. The molecule has 5 rings (SSSR count). The van der Waals surface area contributed by atoms with Gasteiger partial charge in [-0.25, -0.2) is 9.07 Å². The number of aromatic nitrogens is 5. The fourth-order valence-electron chi connectivity index (χ4n) is 4.61. The van der Waals surface area contributed by atoms with Crippen molar-refractivity contribution < 1.29 is 4.39 Å². The molecule has 33 heavy (non-hydrogen) atoms. The molecule has 0 bridgehead atoms. The zero-order valence-electron chi connectivity index (χ0n) is 18.8. The molecule has 2 aromatic carbocycles. The van der Waals surface area contributed by atoms with Gasteiger partial charge in [-0.15, -0.1) is 5.10 Å². The van der Waals surface area contributed by atoms with Crippen LogP contribution in [0.25, 0.3) is 10.9 Å². The summed E-state index contributed by atoms with van der Waals surface area (Å²) in [6, 6.07) is 13.9. The van der Waals surface area contributed by atoms with Crippen molar-refractivity contribution in [2.75, 3.05) is 13.1 Å². The molecule has 0 radical (unpaired) electrons. The zero-order chi connectivity index (χ0) is 22.9. The van der Waals surface area contributed by atoms with Gasteiger partial charge in [-0.3, -0.25) is 9.69 Å². The lowest BCUT2D eigenvalue weighted by atomic mass is 9.95. The third-order valence-electron chi connectivity index (χ3n) is 6.56. The molecule has 2 aromatic heterocycles. The number of H-pyrrole nitrogens is 1. The number of likely N-dealkylation sites (tertiary alicyclic amines) is 1. The van der Waals surface area contributed by atoms with E-state index in [1.807, 2.05) is 25.1 Å². The molecule has 1 N–H and O–H groups in total. The van der Waals surface area contributed by atoms with Gasteiger partial charge in [0.05, 0.1) is 6.54 Å². The number of aromatic amines is 1. The predicted molar refractivity (Wildman–Crippen MR) is 124 cm³/mol. The number of piperidine rings is 1. The summed E-state index contributed by atoms with van der Waals surface area (Å²) in [7, 11) is 0. The third-order valence-corrected chi connectivity index (χ3v) is 6.56.